The Morgan fingerprint density at radius 1 is 1.20 bits per heavy atom. The van der Waals surface area contributed by atoms with E-state index in [4.69, 9.17) is 11.6 Å². The third-order valence-corrected chi connectivity index (χ3v) is 4.23. The molecule has 1 aliphatic rings. The van der Waals surface area contributed by atoms with Gasteiger partial charge < -0.3 is 5.32 Å². The fraction of sp³-hybridized carbons (Fsp3) is 0.600. The molecule has 1 fully saturated rings. The lowest BCUT2D eigenvalue weighted by Crippen LogP contribution is -2.29. The van der Waals surface area contributed by atoms with Crippen LogP contribution in [0.1, 0.15) is 50.5 Å². The second-order valence-corrected chi connectivity index (χ2v) is 5.87. The Balaban J connectivity index is 1.92. The minimum atomic E-state index is -0.429. The van der Waals surface area contributed by atoms with E-state index in [-0.39, 0.29) is 10.7 Å². The normalized spacial score (nSPS) is 17.4. The van der Waals surface area contributed by atoms with E-state index in [0.717, 1.165) is 5.56 Å². The Hall–Kier alpha value is -1.13. The van der Waals surface area contributed by atoms with Gasteiger partial charge >= 0.3 is 0 Å². The van der Waals surface area contributed by atoms with E-state index in [9.17, 15) is 10.1 Å². The summed E-state index contributed by atoms with van der Waals surface area (Å²) in [4.78, 5) is 10.4. The molecule has 0 spiro atoms. The molecule has 4 nitrogen and oxygen atoms in total. The second-order valence-electron chi connectivity index (χ2n) is 5.47. The molecule has 20 heavy (non-hydrogen) atoms. The summed E-state index contributed by atoms with van der Waals surface area (Å²) in [7, 11) is 0. The van der Waals surface area contributed by atoms with Crippen molar-refractivity contribution < 1.29 is 4.92 Å². The molecule has 1 aromatic rings. The number of nitro groups is 1. The summed E-state index contributed by atoms with van der Waals surface area (Å²) < 4.78 is 0. The van der Waals surface area contributed by atoms with Crippen LogP contribution in [0.4, 0.5) is 5.69 Å². The first-order valence-electron chi connectivity index (χ1n) is 7.33. The molecular weight excluding hydrogens is 276 g/mol. The highest BCUT2D eigenvalue weighted by molar-refractivity contribution is 6.32. The van der Waals surface area contributed by atoms with Crippen LogP contribution in [0.2, 0.25) is 5.02 Å². The van der Waals surface area contributed by atoms with Crippen LogP contribution >= 0.6 is 11.6 Å². The summed E-state index contributed by atoms with van der Waals surface area (Å²) in [5.41, 5.74) is 0.909. The molecular formula is C15H21ClN2O2. The molecule has 0 aliphatic heterocycles. The third kappa shape index (κ3) is 4.46. The molecule has 1 saturated carbocycles. The van der Waals surface area contributed by atoms with Gasteiger partial charge in [0.15, 0.2) is 0 Å². The van der Waals surface area contributed by atoms with E-state index in [0.29, 0.717) is 12.6 Å². The molecule has 1 N–H and O–H groups in total. The van der Waals surface area contributed by atoms with Crippen LogP contribution in [0.3, 0.4) is 0 Å². The van der Waals surface area contributed by atoms with Gasteiger partial charge in [-0.3, -0.25) is 10.1 Å². The molecule has 0 bridgehead atoms. The predicted molar refractivity (Wildman–Crippen MR) is 81.1 cm³/mol. The first kappa shape index (κ1) is 15.3. The fourth-order valence-corrected chi connectivity index (χ4v) is 2.92. The molecule has 0 heterocycles. The number of benzene rings is 1. The number of halogens is 1. The van der Waals surface area contributed by atoms with Gasteiger partial charge in [-0.1, -0.05) is 49.8 Å². The predicted octanol–water partition coefficient (Wildman–Crippen LogP) is 4.45. The molecule has 0 saturated heterocycles. The Kier molecular flexibility index (Phi) is 5.80. The van der Waals surface area contributed by atoms with Gasteiger partial charge in [-0.25, -0.2) is 0 Å². The molecule has 0 atom stereocenters. The summed E-state index contributed by atoms with van der Waals surface area (Å²) >= 11 is 5.82. The van der Waals surface area contributed by atoms with E-state index < -0.39 is 4.92 Å². The molecule has 1 aliphatic carbocycles. The van der Waals surface area contributed by atoms with Crippen molar-refractivity contribution in [2.75, 3.05) is 0 Å². The van der Waals surface area contributed by atoms with Gasteiger partial charge in [-0.15, -0.1) is 0 Å². The summed E-state index contributed by atoms with van der Waals surface area (Å²) in [6, 6.07) is 5.56. The number of nitro benzene ring substituents is 1. The lowest BCUT2D eigenvalue weighted by molar-refractivity contribution is -0.384. The Morgan fingerprint density at radius 2 is 1.85 bits per heavy atom. The van der Waals surface area contributed by atoms with Crippen LogP contribution in [0, 0.1) is 10.1 Å². The third-order valence-electron chi connectivity index (χ3n) is 3.91. The van der Waals surface area contributed by atoms with Crippen molar-refractivity contribution in [2.45, 2.75) is 57.5 Å². The lowest BCUT2D eigenvalue weighted by atomic mass is 9.96. The van der Waals surface area contributed by atoms with E-state index in [1.54, 1.807) is 12.1 Å². The van der Waals surface area contributed by atoms with Crippen LogP contribution in [0.15, 0.2) is 18.2 Å². The monoisotopic (exact) mass is 296 g/mol. The minimum Gasteiger partial charge on any atom is -0.310 e. The molecule has 0 amide bonds. The van der Waals surface area contributed by atoms with Gasteiger partial charge in [0.25, 0.3) is 5.69 Å². The second kappa shape index (κ2) is 7.60. The first-order valence-corrected chi connectivity index (χ1v) is 7.71. The fourth-order valence-electron chi connectivity index (χ4n) is 2.73. The number of nitrogens with one attached hydrogen (secondary N) is 1. The Morgan fingerprint density at radius 3 is 2.50 bits per heavy atom. The highest BCUT2D eigenvalue weighted by Crippen LogP contribution is 2.25. The van der Waals surface area contributed by atoms with Crippen molar-refractivity contribution >= 4 is 17.3 Å². The molecule has 0 aromatic heterocycles. The van der Waals surface area contributed by atoms with E-state index >= 15 is 0 Å². The SMILES string of the molecule is O=[N+]([O-])c1cc(CNC2CCCCCCC2)ccc1Cl. The maximum atomic E-state index is 10.9. The Bertz CT molecular complexity index is 457. The molecule has 0 unspecified atom stereocenters. The van der Waals surface area contributed by atoms with Gasteiger partial charge in [-0.05, 0) is 24.5 Å². The summed E-state index contributed by atoms with van der Waals surface area (Å²) in [5, 5.41) is 14.6. The molecule has 0 radical (unpaired) electrons. The van der Waals surface area contributed by atoms with Crippen LogP contribution in [-0.2, 0) is 6.54 Å². The summed E-state index contributed by atoms with van der Waals surface area (Å²) in [6.45, 7) is 0.669. The minimum absolute atomic E-state index is 0.0105. The van der Waals surface area contributed by atoms with E-state index in [1.165, 1.54) is 44.9 Å². The smallest absolute Gasteiger partial charge is 0.288 e. The van der Waals surface area contributed by atoms with Crippen molar-refractivity contribution in [1.82, 2.24) is 5.32 Å². The Labute approximate surface area is 124 Å². The first-order chi connectivity index (χ1) is 9.66. The number of hydrogen-bond acceptors (Lipinski definition) is 3. The van der Waals surface area contributed by atoms with Crippen molar-refractivity contribution in [1.29, 1.82) is 0 Å². The van der Waals surface area contributed by atoms with Crippen LogP contribution in [-0.4, -0.2) is 11.0 Å². The number of hydrogen-bond donors (Lipinski definition) is 1. The van der Waals surface area contributed by atoms with E-state index in [2.05, 4.69) is 5.32 Å². The summed E-state index contributed by atoms with van der Waals surface area (Å²) in [5.74, 6) is 0. The average Bonchev–Trinajstić information content (AvgIpc) is 2.38. The van der Waals surface area contributed by atoms with Gasteiger partial charge in [0.1, 0.15) is 5.02 Å². The van der Waals surface area contributed by atoms with E-state index in [1.807, 2.05) is 6.07 Å². The lowest BCUT2D eigenvalue weighted by Gasteiger charge is -2.21. The topological polar surface area (TPSA) is 55.2 Å². The largest absolute Gasteiger partial charge is 0.310 e. The van der Waals surface area contributed by atoms with Gasteiger partial charge in [-0.2, -0.15) is 0 Å². The highest BCUT2D eigenvalue weighted by Gasteiger charge is 2.14. The van der Waals surface area contributed by atoms with Crippen molar-refractivity contribution in [2.24, 2.45) is 0 Å². The molecule has 5 heteroatoms. The maximum Gasteiger partial charge on any atom is 0.288 e. The number of nitrogens with zero attached hydrogens (tertiary/aromatic N) is 1. The maximum absolute atomic E-state index is 10.9. The van der Waals surface area contributed by atoms with Gasteiger partial charge in [0.05, 0.1) is 4.92 Å². The van der Waals surface area contributed by atoms with Crippen molar-refractivity contribution in [3.63, 3.8) is 0 Å². The standard InChI is InChI=1S/C15H21ClN2O2/c16-14-9-8-12(10-15(14)18(19)20)11-17-13-6-4-2-1-3-5-7-13/h8-10,13,17H,1-7,11H2. The average molecular weight is 297 g/mol. The van der Waals surface area contributed by atoms with Crippen molar-refractivity contribution in [3.05, 3.63) is 38.9 Å². The van der Waals surface area contributed by atoms with Gasteiger partial charge in [0, 0.05) is 18.7 Å². The zero-order chi connectivity index (χ0) is 14.4. The summed E-state index contributed by atoms with van der Waals surface area (Å²) in [6.07, 6.45) is 8.97. The van der Waals surface area contributed by atoms with Crippen LogP contribution in [0.5, 0.6) is 0 Å². The van der Waals surface area contributed by atoms with Gasteiger partial charge in [0.2, 0.25) is 0 Å². The van der Waals surface area contributed by atoms with Crippen LogP contribution < -0.4 is 5.32 Å². The quantitative estimate of drug-likeness (QED) is 0.659. The molecule has 110 valence electrons. The van der Waals surface area contributed by atoms with Crippen LogP contribution in [0.25, 0.3) is 0 Å². The number of rotatable bonds is 4. The zero-order valence-corrected chi connectivity index (χ0v) is 12.4. The molecule has 1 aromatic carbocycles. The molecule has 2 rings (SSSR count). The highest BCUT2D eigenvalue weighted by atomic mass is 35.5. The van der Waals surface area contributed by atoms with Crippen molar-refractivity contribution in [3.8, 4) is 0 Å². The zero-order valence-electron chi connectivity index (χ0n) is 11.6.